The number of amides is 6. The van der Waals surface area contributed by atoms with E-state index in [2.05, 4.69) is 88.0 Å². The van der Waals surface area contributed by atoms with Crippen LogP contribution in [-0.2, 0) is 22.5 Å². The van der Waals surface area contributed by atoms with E-state index in [1.165, 1.54) is 22.1 Å². The molecule has 308 valence electrons. The molecule has 2 aliphatic heterocycles. The van der Waals surface area contributed by atoms with Crippen molar-refractivity contribution in [3.63, 3.8) is 0 Å². The minimum atomic E-state index is -0.509. The highest BCUT2D eigenvalue weighted by molar-refractivity contribution is 9.09. The van der Waals surface area contributed by atoms with Gasteiger partial charge < -0.3 is 10.6 Å². The van der Waals surface area contributed by atoms with Crippen LogP contribution in [0.5, 0.6) is 0 Å². The molecule has 2 aromatic heterocycles. The van der Waals surface area contributed by atoms with E-state index in [-0.39, 0.29) is 53.9 Å². The molecule has 17 heteroatoms. The lowest BCUT2D eigenvalue weighted by Crippen LogP contribution is -2.29. The number of nitrogens with one attached hydrogen (secondary N) is 3. The first-order valence-corrected chi connectivity index (χ1v) is 23.1. The molecule has 10 nitrogen and oxygen atoms in total. The highest BCUT2D eigenvalue weighted by atomic mass is 79.9. The third kappa shape index (κ3) is 11.1. The molecule has 8 rings (SSSR count). The molecule has 6 aromatic rings. The number of hydrogen-bond acceptors (Lipinski definition) is 8. The van der Waals surface area contributed by atoms with Crippen LogP contribution in [0.15, 0.2) is 109 Å². The van der Waals surface area contributed by atoms with Gasteiger partial charge in [-0.3, -0.25) is 39.0 Å². The largest absolute Gasteiger partial charge is 0.321 e. The number of fused-ring (bicyclic) bond motifs is 2. The number of carbonyl (C=O) groups excluding carboxylic acids is 6. The molecule has 2 aliphatic rings. The molecule has 3 N–H and O–H groups in total. The van der Waals surface area contributed by atoms with Crippen LogP contribution in [0, 0.1) is 0 Å². The number of imide groups is 2. The van der Waals surface area contributed by atoms with Crippen molar-refractivity contribution in [3.05, 3.63) is 172 Å². The molecule has 0 radical (unpaired) electrons. The number of thiophene rings is 2. The monoisotopic (exact) mass is 1070 g/mol. The van der Waals surface area contributed by atoms with Gasteiger partial charge in [-0.15, -0.1) is 22.7 Å². The van der Waals surface area contributed by atoms with Crippen LogP contribution in [-0.4, -0.2) is 40.3 Å². The Kier molecular flexibility index (Phi) is 16.6. The van der Waals surface area contributed by atoms with Gasteiger partial charge in [-0.2, -0.15) is 0 Å². The average molecular weight is 1080 g/mol. The molecule has 0 saturated carbocycles. The van der Waals surface area contributed by atoms with Gasteiger partial charge in [0.15, 0.2) is 0 Å². The Balaban J connectivity index is 0.000000190. The molecule has 0 fully saturated rings. The van der Waals surface area contributed by atoms with Gasteiger partial charge in [0.05, 0.1) is 58.6 Å². The van der Waals surface area contributed by atoms with Gasteiger partial charge in [-0.05, 0) is 70.8 Å². The zero-order chi connectivity index (χ0) is 42.2. The van der Waals surface area contributed by atoms with Gasteiger partial charge in [-0.1, -0.05) is 139 Å². The van der Waals surface area contributed by atoms with Gasteiger partial charge in [-0.25, -0.2) is 0 Å². The van der Waals surface area contributed by atoms with Crippen molar-refractivity contribution in [1.82, 2.24) is 10.2 Å². The summed E-state index contributed by atoms with van der Waals surface area (Å²) in [7, 11) is 0. The third-order valence-corrected chi connectivity index (χ3v) is 13.0. The maximum Gasteiger partial charge on any atom is 0.265 e. The molecule has 0 saturated heterocycles. The van der Waals surface area contributed by atoms with E-state index in [1.807, 2.05) is 24.3 Å². The first-order chi connectivity index (χ1) is 28.4. The summed E-state index contributed by atoms with van der Waals surface area (Å²) in [6, 6.07) is 32.2. The number of alkyl halides is 3. The summed E-state index contributed by atoms with van der Waals surface area (Å²) in [5, 5.41) is 10.1. The molecule has 0 atom stereocenters. The highest BCUT2D eigenvalue weighted by Gasteiger charge is 2.38. The van der Waals surface area contributed by atoms with Gasteiger partial charge in [0.2, 0.25) is 0 Å². The fourth-order valence-electron chi connectivity index (χ4n) is 5.93. The molecule has 0 unspecified atom stereocenters. The van der Waals surface area contributed by atoms with Crippen LogP contribution in [0.3, 0.4) is 0 Å². The molecule has 0 aliphatic carbocycles. The third-order valence-electron chi connectivity index (χ3n) is 8.64. The van der Waals surface area contributed by atoms with Crippen LogP contribution in [0.1, 0.15) is 90.5 Å². The SMILES string of the molecule is BrCc1cccc(CBr)c1.C.O=C(Nc1cccc2c1C(=O)N(Cc1cccc(CBr)c1)C2=O)c1ccc(Cl)s1.O=C(Nc1cccc2c1C(=O)NC2=O)c1ccc(Cl)s1. The van der Waals surface area contributed by atoms with Crippen LogP contribution in [0.25, 0.3) is 0 Å². The fraction of sp³-hybridized carbons (Fsp3) is 0.116. The summed E-state index contributed by atoms with van der Waals surface area (Å²) in [4.78, 5) is 75.7. The van der Waals surface area contributed by atoms with Crippen molar-refractivity contribution in [2.75, 3.05) is 10.6 Å². The zero-order valence-corrected chi connectivity index (χ0v) is 38.2. The van der Waals surface area contributed by atoms with E-state index in [0.717, 1.165) is 44.5 Å². The van der Waals surface area contributed by atoms with Crippen molar-refractivity contribution in [2.24, 2.45) is 0 Å². The second kappa shape index (κ2) is 21.4. The van der Waals surface area contributed by atoms with E-state index >= 15 is 0 Å². The van der Waals surface area contributed by atoms with E-state index in [4.69, 9.17) is 23.2 Å². The lowest BCUT2D eigenvalue weighted by Gasteiger charge is -2.14. The highest BCUT2D eigenvalue weighted by Crippen LogP contribution is 2.32. The Hall–Kier alpha value is -4.48. The standard InChI is InChI=1S/C21H14BrClN2O3S.C13H7ClN2O3S.C8H8Br2.CH4/c22-10-12-3-1-4-13(9-12)11-25-20(27)14-5-2-6-15(18(14)21(25)28)24-19(26)16-7-8-17(23)29-16;14-9-5-4-8(20-9)12(18)15-7-3-1-2-6-10(7)13(19)16-11(6)17;9-5-7-2-1-3-8(4-7)6-10;/h1-9H,10-11H2,(H,24,26);1-5H,(H,15,18)(H,16,17,19);1-4H,5-6H2;1H4. The number of nitrogens with zero attached hydrogens (tertiary/aromatic N) is 1. The van der Waals surface area contributed by atoms with Crippen molar-refractivity contribution in [1.29, 1.82) is 0 Å². The van der Waals surface area contributed by atoms with E-state index in [9.17, 15) is 28.8 Å². The van der Waals surface area contributed by atoms with Gasteiger partial charge in [0.1, 0.15) is 0 Å². The summed E-state index contributed by atoms with van der Waals surface area (Å²) < 4.78 is 0.998. The molecule has 0 bridgehead atoms. The van der Waals surface area contributed by atoms with Gasteiger partial charge in [0.25, 0.3) is 35.4 Å². The Morgan fingerprint density at radius 2 is 1.02 bits per heavy atom. The Labute approximate surface area is 389 Å². The lowest BCUT2D eigenvalue weighted by atomic mass is 10.1. The first-order valence-electron chi connectivity index (χ1n) is 17.4. The second-order valence-electron chi connectivity index (χ2n) is 12.6. The zero-order valence-electron chi connectivity index (χ0n) is 30.3. The summed E-state index contributed by atoms with van der Waals surface area (Å²) in [5.74, 6) is -2.51. The number of carbonyl (C=O) groups is 6. The number of anilines is 2. The Morgan fingerprint density at radius 3 is 1.50 bits per heavy atom. The normalized spacial score (nSPS) is 12.2. The predicted octanol–water partition coefficient (Wildman–Crippen LogP) is 12.0. The number of rotatable bonds is 9. The van der Waals surface area contributed by atoms with Crippen molar-refractivity contribution in [3.8, 4) is 0 Å². The maximum absolute atomic E-state index is 13.0. The summed E-state index contributed by atoms with van der Waals surface area (Å²) >= 11 is 24.2. The van der Waals surface area contributed by atoms with E-state index in [1.54, 1.807) is 54.6 Å². The van der Waals surface area contributed by atoms with Crippen molar-refractivity contribution in [2.45, 2.75) is 30.0 Å². The van der Waals surface area contributed by atoms with E-state index in [0.29, 0.717) is 35.1 Å². The molecular formula is C43H33Br3Cl2N4O6S2. The van der Waals surface area contributed by atoms with Gasteiger partial charge >= 0.3 is 0 Å². The minimum Gasteiger partial charge on any atom is -0.321 e. The molecule has 4 aromatic carbocycles. The topological polar surface area (TPSA) is 142 Å². The van der Waals surface area contributed by atoms with Crippen LogP contribution in [0.2, 0.25) is 8.67 Å². The number of halogens is 5. The lowest BCUT2D eigenvalue weighted by molar-refractivity contribution is 0.0641. The summed E-state index contributed by atoms with van der Waals surface area (Å²) in [6.07, 6.45) is 0. The predicted molar refractivity (Wildman–Crippen MR) is 251 cm³/mol. The average Bonchev–Trinajstić information content (AvgIpc) is 4.02. The van der Waals surface area contributed by atoms with Crippen LogP contribution in [0.4, 0.5) is 11.4 Å². The molecule has 60 heavy (non-hydrogen) atoms. The molecular weight excluding hydrogens is 1040 g/mol. The molecule has 6 amide bonds. The van der Waals surface area contributed by atoms with Crippen LogP contribution >= 0.6 is 93.7 Å². The summed E-state index contributed by atoms with van der Waals surface area (Å²) in [5.41, 5.74) is 6.14. The van der Waals surface area contributed by atoms with Crippen molar-refractivity contribution >= 4 is 140 Å². The number of hydrogen-bond donors (Lipinski definition) is 3. The summed E-state index contributed by atoms with van der Waals surface area (Å²) in [6.45, 7) is 0.168. The smallest absolute Gasteiger partial charge is 0.265 e. The quantitative estimate of drug-likeness (QED) is 0.0972. The first kappa shape index (κ1) is 46.6. The Morgan fingerprint density at radius 1 is 0.567 bits per heavy atom. The number of benzene rings is 4. The molecule has 0 spiro atoms. The Bertz CT molecular complexity index is 2600. The van der Waals surface area contributed by atoms with Gasteiger partial charge in [0, 0.05) is 16.0 Å². The second-order valence-corrected chi connectivity index (χ2v) is 17.7. The minimum absolute atomic E-state index is 0. The maximum atomic E-state index is 13.0. The van der Waals surface area contributed by atoms with E-state index < -0.39 is 17.7 Å². The fourth-order valence-corrected chi connectivity index (χ4v) is 8.86. The van der Waals surface area contributed by atoms with Crippen molar-refractivity contribution < 1.29 is 28.8 Å². The molecule has 4 heterocycles. The van der Waals surface area contributed by atoms with Crippen LogP contribution < -0.4 is 16.0 Å².